The SMILES string of the molecule is CC1(C)C=C(OCCOCC[N+](C)(C)Cc2ccccc2)C=CC(C(C)(C)CC(C)(C)C)=C1. The Morgan fingerprint density at radius 1 is 0.848 bits per heavy atom. The summed E-state index contributed by atoms with van der Waals surface area (Å²) in [7, 11) is 4.50. The number of hydrogen-bond donors (Lipinski definition) is 0. The molecule has 0 saturated carbocycles. The van der Waals surface area contributed by atoms with Crippen LogP contribution in [0.4, 0.5) is 0 Å². The molecule has 3 heteroatoms. The summed E-state index contributed by atoms with van der Waals surface area (Å²) < 4.78 is 12.9. The average molecular weight is 455 g/mol. The lowest BCUT2D eigenvalue weighted by molar-refractivity contribution is -0.904. The zero-order valence-electron chi connectivity index (χ0n) is 22.7. The number of allylic oxidation sites excluding steroid dienone is 5. The molecule has 0 spiro atoms. The van der Waals surface area contributed by atoms with Gasteiger partial charge in [-0.3, -0.25) is 0 Å². The van der Waals surface area contributed by atoms with Gasteiger partial charge in [0.05, 0.1) is 27.3 Å². The van der Waals surface area contributed by atoms with Crippen LogP contribution in [0, 0.1) is 16.2 Å². The van der Waals surface area contributed by atoms with Crippen molar-refractivity contribution in [2.45, 2.75) is 61.4 Å². The number of quaternary nitrogens is 1. The Kier molecular flexibility index (Phi) is 9.18. The zero-order chi connectivity index (χ0) is 24.8. The van der Waals surface area contributed by atoms with Crippen LogP contribution >= 0.6 is 0 Å². The summed E-state index contributed by atoms with van der Waals surface area (Å²) >= 11 is 0. The molecule has 0 atom stereocenters. The number of nitrogens with zero attached hydrogens (tertiary/aromatic N) is 1. The van der Waals surface area contributed by atoms with Crippen molar-refractivity contribution in [1.29, 1.82) is 0 Å². The van der Waals surface area contributed by atoms with Gasteiger partial charge in [0, 0.05) is 11.0 Å². The maximum absolute atomic E-state index is 6.10. The first kappa shape index (κ1) is 27.4. The van der Waals surface area contributed by atoms with Gasteiger partial charge in [-0.15, -0.1) is 0 Å². The Balaban J connectivity index is 1.81. The molecule has 0 fully saturated rings. The van der Waals surface area contributed by atoms with Crippen LogP contribution in [0.3, 0.4) is 0 Å². The molecule has 3 nitrogen and oxygen atoms in total. The molecule has 0 bridgehead atoms. The van der Waals surface area contributed by atoms with Crippen LogP contribution in [0.25, 0.3) is 0 Å². The van der Waals surface area contributed by atoms with Crippen molar-refractivity contribution in [3.8, 4) is 0 Å². The molecule has 0 aliphatic heterocycles. The van der Waals surface area contributed by atoms with Gasteiger partial charge in [0.2, 0.25) is 0 Å². The number of ether oxygens (including phenoxy) is 2. The van der Waals surface area contributed by atoms with Gasteiger partial charge in [0.25, 0.3) is 0 Å². The van der Waals surface area contributed by atoms with Crippen LogP contribution in [0.15, 0.2) is 66.0 Å². The van der Waals surface area contributed by atoms with Crippen molar-refractivity contribution in [1.82, 2.24) is 0 Å². The Labute approximate surface area is 203 Å². The predicted molar refractivity (Wildman–Crippen MR) is 141 cm³/mol. The van der Waals surface area contributed by atoms with Gasteiger partial charge in [-0.1, -0.05) is 91.0 Å². The minimum atomic E-state index is -0.0525. The first-order valence-corrected chi connectivity index (χ1v) is 12.4. The fourth-order valence-corrected chi connectivity index (χ4v) is 4.80. The molecule has 0 aromatic heterocycles. The fraction of sp³-hybridized carbons (Fsp3) is 0.600. The monoisotopic (exact) mass is 454 g/mol. The number of likely N-dealkylation sites (N-methyl/N-ethyl adjacent to an activating group) is 1. The molecule has 0 N–H and O–H groups in total. The van der Waals surface area contributed by atoms with Crippen molar-refractivity contribution in [2.24, 2.45) is 16.2 Å². The molecule has 0 heterocycles. The highest BCUT2D eigenvalue weighted by molar-refractivity contribution is 5.37. The third-order valence-corrected chi connectivity index (χ3v) is 6.01. The second kappa shape index (κ2) is 11.1. The van der Waals surface area contributed by atoms with E-state index in [4.69, 9.17) is 9.47 Å². The lowest BCUT2D eigenvalue weighted by Crippen LogP contribution is -2.41. The van der Waals surface area contributed by atoms with Crippen LogP contribution in [-0.2, 0) is 16.0 Å². The maximum atomic E-state index is 6.10. The molecule has 0 amide bonds. The maximum Gasteiger partial charge on any atom is 0.116 e. The molecule has 1 aliphatic rings. The lowest BCUT2D eigenvalue weighted by Gasteiger charge is -2.34. The van der Waals surface area contributed by atoms with Crippen molar-refractivity contribution in [2.75, 3.05) is 40.5 Å². The first-order chi connectivity index (χ1) is 15.2. The van der Waals surface area contributed by atoms with Gasteiger partial charge in [0.15, 0.2) is 0 Å². The Hall–Kier alpha value is -1.84. The summed E-state index contributed by atoms with van der Waals surface area (Å²) in [5, 5.41) is 0. The summed E-state index contributed by atoms with van der Waals surface area (Å²) in [5.74, 6) is 0.932. The Morgan fingerprint density at radius 3 is 2.15 bits per heavy atom. The molecule has 184 valence electrons. The molecular formula is C30H48NO2+. The fourth-order valence-electron chi connectivity index (χ4n) is 4.80. The second-order valence-electron chi connectivity index (χ2n) is 12.7. The molecule has 33 heavy (non-hydrogen) atoms. The van der Waals surface area contributed by atoms with Crippen molar-refractivity contribution < 1.29 is 14.0 Å². The third-order valence-electron chi connectivity index (χ3n) is 6.01. The van der Waals surface area contributed by atoms with Gasteiger partial charge in [-0.25, -0.2) is 0 Å². The van der Waals surface area contributed by atoms with E-state index in [0.717, 1.165) is 36.4 Å². The number of benzene rings is 1. The van der Waals surface area contributed by atoms with Gasteiger partial charge < -0.3 is 14.0 Å². The molecule has 1 aliphatic carbocycles. The van der Waals surface area contributed by atoms with E-state index in [0.29, 0.717) is 13.2 Å². The minimum Gasteiger partial charge on any atom is -0.491 e. The van der Waals surface area contributed by atoms with E-state index >= 15 is 0 Å². The van der Waals surface area contributed by atoms with E-state index in [-0.39, 0.29) is 16.2 Å². The molecule has 1 aromatic rings. The van der Waals surface area contributed by atoms with Crippen LogP contribution in [0.5, 0.6) is 0 Å². The molecule has 0 unspecified atom stereocenters. The van der Waals surface area contributed by atoms with Gasteiger partial charge in [-0.2, -0.15) is 0 Å². The van der Waals surface area contributed by atoms with E-state index in [9.17, 15) is 0 Å². The highest BCUT2D eigenvalue weighted by atomic mass is 16.5. The molecule has 0 radical (unpaired) electrons. The molecule has 1 aromatic carbocycles. The minimum absolute atomic E-state index is 0.0525. The third kappa shape index (κ3) is 10.3. The van der Waals surface area contributed by atoms with E-state index in [2.05, 4.69) is 117 Å². The van der Waals surface area contributed by atoms with E-state index in [1.807, 2.05) is 0 Å². The smallest absolute Gasteiger partial charge is 0.116 e. The average Bonchev–Trinajstić information content (AvgIpc) is 2.81. The largest absolute Gasteiger partial charge is 0.491 e. The van der Waals surface area contributed by atoms with Crippen molar-refractivity contribution >= 4 is 0 Å². The standard InChI is InChI=1S/C30H48NO2/c1-28(2,3)24-30(6,7)26-15-16-27(22-29(4,5)21-26)33-20-19-32-18-17-31(8,9)23-25-13-11-10-12-14-25/h10-16,21-22H,17-20,23-24H2,1-9H3/q+1. The number of hydrogen-bond acceptors (Lipinski definition) is 2. The van der Waals surface area contributed by atoms with Crippen LogP contribution < -0.4 is 0 Å². The molecule has 0 saturated heterocycles. The summed E-state index contributed by atoms with van der Waals surface area (Å²) in [5.41, 5.74) is 3.09. The molecular weight excluding hydrogens is 406 g/mol. The van der Waals surface area contributed by atoms with Crippen molar-refractivity contribution in [3.63, 3.8) is 0 Å². The highest BCUT2D eigenvalue weighted by Crippen LogP contribution is 2.42. The van der Waals surface area contributed by atoms with Crippen molar-refractivity contribution in [3.05, 3.63) is 71.5 Å². The Bertz CT molecular complexity index is 836. The van der Waals surface area contributed by atoms with E-state index in [1.54, 1.807) is 0 Å². The quantitative estimate of drug-likeness (QED) is 0.261. The normalized spacial score (nSPS) is 16.8. The zero-order valence-corrected chi connectivity index (χ0v) is 22.7. The van der Waals surface area contributed by atoms with Gasteiger partial charge >= 0.3 is 0 Å². The topological polar surface area (TPSA) is 18.5 Å². The second-order valence-corrected chi connectivity index (χ2v) is 12.7. The highest BCUT2D eigenvalue weighted by Gasteiger charge is 2.30. The van der Waals surface area contributed by atoms with Crippen LogP contribution in [-0.4, -0.2) is 44.9 Å². The Morgan fingerprint density at radius 2 is 1.52 bits per heavy atom. The summed E-state index contributed by atoms with van der Waals surface area (Å²) in [6.07, 6.45) is 10.1. The van der Waals surface area contributed by atoms with Crippen LogP contribution in [0.2, 0.25) is 0 Å². The first-order valence-electron chi connectivity index (χ1n) is 12.4. The number of rotatable bonds is 11. The van der Waals surface area contributed by atoms with Gasteiger partial charge in [0.1, 0.15) is 25.5 Å². The lowest BCUT2D eigenvalue weighted by atomic mass is 9.70. The summed E-state index contributed by atoms with van der Waals surface area (Å²) in [4.78, 5) is 0. The van der Waals surface area contributed by atoms with Crippen LogP contribution in [0.1, 0.15) is 60.5 Å². The molecule has 2 rings (SSSR count). The summed E-state index contributed by atoms with van der Waals surface area (Å²) in [6, 6.07) is 10.6. The predicted octanol–water partition coefficient (Wildman–Crippen LogP) is 7.16. The summed E-state index contributed by atoms with van der Waals surface area (Å²) in [6.45, 7) is 20.0. The van der Waals surface area contributed by atoms with E-state index < -0.39 is 0 Å². The van der Waals surface area contributed by atoms with E-state index in [1.165, 1.54) is 11.1 Å². The van der Waals surface area contributed by atoms with Gasteiger partial charge in [-0.05, 0) is 35.0 Å².